The van der Waals surface area contributed by atoms with Gasteiger partial charge in [-0.05, 0) is 73.7 Å². The summed E-state index contributed by atoms with van der Waals surface area (Å²) in [6.45, 7) is 9.57. The first kappa shape index (κ1) is 18.4. The van der Waals surface area contributed by atoms with Gasteiger partial charge < -0.3 is 11.2 Å². The van der Waals surface area contributed by atoms with E-state index in [0.29, 0.717) is 5.41 Å². The van der Waals surface area contributed by atoms with Crippen LogP contribution in [0.3, 0.4) is 0 Å². The van der Waals surface area contributed by atoms with Crippen LogP contribution in [0, 0.1) is 28.6 Å². The van der Waals surface area contributed by atoms with Crippen LogP contribution in [-0.2, 0) is 6.42 Å². The van der Waals surface area contributed by atoms with Crippen LogP contribution in [0.25, 0.3) is 5.57 Å². The molecule has 0 saturated heterocycles. The molecule has 0 aromatic carbocycles. The number of nitrogens with two attached hydrogens (primary N) is 1. The maximum atomic E-state index is 5.77. The van der Waals surface area contributed by atoms with E-state index < -0.39 is 0 Å². The smallest absolute Gasteiger partial charge is 0.183 e. The summed E-state index contributed by atoms with van der Waals surface area (Å²) in [5.74, 6) is 8.08. The number of fused-ring (bicyclic) bond motifs is 7. The van der Waals surface area contributed by atoms with Crippen molar-refractivity contribution in [3.8, 4) is 0 Å². The monoisotopic (exact) mass is 396 g/mol. The fourth-order valence-corrected chi connectivity index (χ4v) is 8.31. The topological polar surface area (TPSA) is 63.3 Å². The molecule has 150 valence electrons. The van der Waals surface area contributed by atoms with Gasteiger partial charge in [0.1, 0.15) is 0 Å². The lowest BCUT2D eigenvalue weighted by Crippen LogP contribution is -2.49. The summed E-state index contributed by atoms with van der Waals surface area (Å²) in [7, 11) is 0. The number of aromatic nitrogens is 1. The van der Waals surface area contributed by atoms with Gasteiger partial charge in [-0.15, -0.1) is 6.58 Å². The van der Waals surface area contributed by atoms with Crippen LogP contribution < -0.4 is 11.2 Å². The molecule has 0 radical (unpaired) electrons. The fourth-order valence-electron chi connectivity index (χ4n) is 7.11. The molecule has 5 atom stereocenters. The van der Waals surface area contributed by atoms with Crippen molar-refractivity contribution >= 4 is 27.8 Å². The number of anilines is 1. The van der Waals surface area contributed by atoms with Gasteiger partial charge in [0.15, 0.2) is 5.13 Å². The molecule has 2 fully saturated rings. The Morgan fingerprint density at radius 3 is 2.89 bits per heavy atom. The number of thiazole rings is 1. The van der Waals surface area contributed by atoms with Gasteiger partial charge in [-0.2, -0.15) is 5.10 Å². The highest BCUT2D eigenvalue weighted by Crippen LogP contribution is 2.65. The summed E-state index contributed by atoms with van der Waals surface area (Å²) < 4.78 is 0. The molecule has 4 nitrogen and oxygen atoms in total. The molecular formula is C23H32N4S. The lowest BCUT2D eigenvalue weighted by atomic mass is 9.48. The quantitative estimate of drug-likeness (QED) is 0.417. The highest BCUT2D eigenvalue weighted by atomic mass is 32.1. The minimum absolute atomic E-state index is 0.240. The highest BCUT2D eigenvalue weighted by Gasteiger charge is 2.58. The van der Waals surface area contributed by atoms with E-state index in [1.807, 2.05) is 17.4 Å². The molecule has 28 heavy (non-hydrogen) atoms. The second kappa shape index (κ2) is 6.45. The first-order valence-corrected chi connectivity index (χ1v) is 11.7. The molecule has 0 spiro atoms. The lowest BCUT2D eigenvalue weighted by Gasteiger charge is -2.56. The van der Waals surface area contributed by atoms with Crippen LogP contribution in [0.1, 0.15) is 62.9 Å². The first-order chi connectivity index (χ1) is 13.5. The van der Waals surface area contributed by atoms with Crippen LogP contribution in [0.2, 0.25) is 0 Å². The molecule has 2 saturated carbocycles. The first-order valence-electron chi connectivity index (χ1n) is 10.8. The van der Waals surface area contributed by atoms with Crippen molar-refractivity contribution in [2.45, 2.75) is 58.8 Å². The number of nitrogens with one attached hydrogen (secondary N) is 1. The maximum Gasteiger partial charge on any atom is 0.183 e. The predicted octanol–water partition coefficient (Wildman–Crippen LogP) is 5.24. The molecule has 0 unspecified atom stereocenters. The van der Waals surface area contributed by atoms with Gasteiger partial charge in [-0.1, -0.05) is 37.3 Å². The third-order valence-corrected chi connectivity index (χ3v) is 9.67. The minimum atomic E-state index is 0.240. The van der Waals surface area contributed by atoms with E-state index >= 15 is 0 Å². The van der Waals surface area contributed by atoms with Crippen molar-refractivity contribution in [1.82, 2.24) is 4.98 Å². The van der Waals surface area contributed by atoms with Gasteiger partial charge in [0.25, 0.3) is 0 Å². The minimum Gasteiger partial charge on any atom is -0.358 e. The summed E-state index contributed by atoms with van der Waals surface area (Å²) in [4.78, 5) is 6.34. The molecular weight excluding hydrogens is 364 g/mol. The molecule has 0 amide bonds. The number of nitrogens with zero attached hydrogens (tertiary/aromatic N) is 2. The lowest BCUT2D eigenvalue weighted by molar-refractivity contribution is 0.0117. The summed E-state index contributed by atoms with van der Waals surface area (Å²) in [6, 6.07) is 0. The SMILES string of the molecule is C=CCNc1nc2c(s1)C1=CC[C@@H]3[C@H](CC[C@]4(C)/C(=N/N)CC[C@@H]34)[C@@]1(C)CC2. The Hall–Kier alpha value is -1.62. The van der Waals surface area contributed by atoms with Crippen LogP contribution in [-0.4, -0.2) is 17.2 Å². The second-order valence-electron chi connectivity index (χ2n) is 9.68. The van der Waals surface area contributed by atoms with Crippen LogP contribution in [0.4, 0.5) is 5.13 Å². The summed E-state index contributed by atoms with van der Waals surface area (Å²) >= 11 is 1.85. The van der Waals surface area contributed by atoms with E-state index in [0.717, 1.165) is 42.3 Å². The number of hydrogen-bond acceptors (Lipinski definition) is 5. The summed E-state index contributed by atoms with van der Waals surface area (Å²) in [5.41, 5.74) is 4.71. The number of hydrazone groups is 1. The molecule has 0 bridgehead atoms. The fraction of sp³-hybridized carbons (Fsp3) is 0.652. The second-order valence-corrected chi connectivity index (χ2v) is 10.7. The zero-order valence-corrected chi connectivity index (χ0v) is 17.9. The van der Waals surface area contributed by atoms with Gasteiger partial charge in [-0.25, -0.2) is 4.98 Å². The van der Waals surface area contributed by atoms with Crippen LogP contribution in [0.5, 0.6) is 0 Å². The zero-order chi connectivity index (χ0) is 19.5. The van der Waals surface area contributed by atoms with E-state index in [2.05, 4.69) is 36.9 Å². The molecule has 1 aromatic rings. The summed E-state index contributed by atoms with van der Waals surface area (Å²) in [5, 5.41) is 8.67. The number of aryl methyl sites for hydroxylation is 1. The van der Waals surface area contributed by atoms with Gasteiger partial charge in [0, 0.05) is 17.7 Å². The molecule has 5 heteroatoms. The zero-order valence-electron chi connectivity index (χ0n) is 17.1. The van der Waals surface area contributed by atoms with Crippen molar-refractivity contribution in [2.75, 3.05) is 11.9 Å². The van der Waals surface area contributed by atoms with Crippen molar-refractivity contribution in [3.05, 3.63) is 29.3 Å². The normalized spacial score (nSPS) is 40.1. The molecule has 3 N–H and O–H groups in total. The Balaban J connectivity index is 1.50. The van der Waals surface area contributed by atoms with Crippen molar-refractivity contribution in [1.29, 1.82) is 0 Å². The Morgan fingerprint density at radius 2 is 2.11 bits per heavy atom. The average Bonchev–Trinajstić information content (AvgIpc) is 3.25. The molecule has 5 rings (SSSR count). The van der Waals surface area contributed by atoms with Crippen molar-refractivity contribution < 1.29 is 0 Å². The predicted molar refractivity (Wildman–Crippen MR) is 118 cm³/mol. The van der Waals surface area contributed by atoms with Gasteiger partial charge in [0.2, 0.25) is 0 Å². The summed E-state index contributed by atoms with van der Waals surface area (Å²) in [6.07, 6.45) is 13.0. The number of hydrogen-bond donors (Lipinski definition) is 2. The van der Waals surface area contributed by atoms with Crippen LogP contribution >= 0.6 is 11.3 Å². The number of rotatable bonds is 3. The highest BCUT2D eigenvalue weighted by molar-refractivity contribution is 7.16. The van der Waals surface area contributed by atoms with Crippen molar-refractivity contribution in [2.24, 2.45) is 39.5 Å². The third-order valence-electron chi connectivity index (χ3n) is 8.58. The van der Waals surface area contributed by atoms with Gasteiger partial charge in [-0.3, -0.25) is 0 Å². The van der Waals surface area contributed by atoms with E-state index in [-0.39, 0.29) is 5.41 Å². The van der Waals surface area contributed by atoms with E-state index in [9.17, 15) is 0 Å². The molecule has 1 aromatic heterocycles. The Bertz CT molecular complexity index is 868. The molecule has 0 aliphatic heterocycles. The van der Waals surface area contributed by atoms with E-state index in [4.69, 9.17) is 10.8 Å². The van der Waals surface area contributed by atoms with E-state index in [1.54, 1.807) is 5.57 Å². The molecule has 4 aliphatic carbocycles. The third kappa shape index (κ3) is 2.41. The van der Waals surface area contributed by atoms with Gasteiger partial charge >= 0.3 is 0 Å². The molecule has 4 aliphatic rings. The Kier molecular flexibility index (Phi) is 4.24. The standard InChI is InChI=1S/C23H32N4S/c1-4-13-25-21-26-18-10-12-22(2)16-9-11-23(3)15(7-8-19(23)27-24)14(16)5-6-17(22)20(18)28-21/h4,6,14-16H,1,5,7-13,24H2,2-3H3,(H,25,26)/b27-19+/t14-,15-,16-,22+,23-/m0/s1. The largest absolute Gasteiger partial charge is 0.358 e. The maximum absolute atomic E-state index is 5.77. The van der Waals surface area contributed by atoms with Crippen molar-refractivity contribution in [3.63, 3.8) is 0 Å². The average molecular weight is 397 g/mol. The number of allylic oxidation sites excluding steroid dienone is 2. The Morgan fingerprint density at radius 1 is 1.29 bits per heavy atom. The van der Waals surface area contributed by atoms with Crippen LogP contribution in [0.15, 0.2) is 23.8 Å². The van der Waals surface area contributed by atoms with Gasteiger partial charge in [0.05, 0.1) is 10.6 Å². The Labute approximate surface area is 172 Å². The molecule has 1 heterocycles. The van der Waals surface area contributed by atoms with E-state index in [1.165, 1.54) is 48.4 Å².